The van der Waals surface area contributed by atoms with E-state index >= 15 is 0 Å². The quantitative estimate of drug-likeness (QED) is 0.831. The lowest BCUT2D eigenvalue weighted by Gasteiger charge is -2.06. The Hall–Kier alpha value is -1.19. The van der Waals surface area contributed by atoms with Crippen LogP contribution in [-0.2, 0) is 20.6 Å². The molecule has 1 rings (SSSR count). The van der Waals surface area contributed by atoms with Gasteiger partial charge in [0.15, 0.2) is 9.84 Å². The van der Waals surface area contributed by atoms with Gasteiger partial charge in [-0.2, -0.15) is 5.26 Å². The first-order chi connectivity index (χ1) is 7.90. The fourth-order valence-electron chi connectivity index (χ4n) is 1.28. The molecule has 6 heteroatoms. The predicted molar refractivity (Wildman–Crippen MR) is 65.7 cm³/mol. The van der Waals surface area contributed by atoms with Crippen LogP contribution in [0, 0.1) is 11.3 Å². The molecule has 4 nitrogen and oxygen atoms in total. The van der Waals surface area contributed by atoms with Gasteiger partial charge in [-0.25, -0.2) is 8.42 Å². The summed E-state index contributed by atoms with van der Waals surface area (Å²) < 4.78 is 34.4. The van der Waals surface area contributed by atoms with E-state index < -0.39 is 25.9 Å². The molecule has 0 radical (unpaired) electrons. The van der Waals surface area contributed by atoms with Crippen molar-refractivity contribution in [2.24, 2.45) is 0 Å². The van der Waals surface area contributed by atoms with Crippen LogP contribution < -0.4 is 0 Å². The molecular weight excluding hydrogens is 258 g/mol. The molecule has 0 amide bonds. The second kappa shape index (κ2) is 5.43. The van der Waals surface area contributed by atoms with Gasteiger partial charge in [-0.1, -0.05) is 6.92 Å². The van der Waals surface area contributed by atoms with E-state index in [4.69, 9.17) is 5.26 Å². The van der Waals surface area contributed by atoms with Crippen LogP contribution in [0.3, 0.4) is 0 Å². The van der Waals surface area contributed by atoms with Crippen LogP contribution in [0.15, 0.2) is 34.1 Å². The molecule has 0 heterocycles. The second-order valence-corrected chi connectivity index (χ2v) is 7.22. The fourth-order valence-corrected chi connectivity index (χ4v) is 3.04. The first-order valence-electron chi connectivity index (χ1n) is 5.00. The van der Waals surface area contributed by atoms with Gasteiger partial charge in [0.25, 0.3) is 0 Å². The summed E-state index contributed by atoms with van der Waals surface area (Å²) in [6.45, 7) is 1.79. The number of rotatable bonds is 4. The second-order valence-electron chi connectivity index (χ2n) is 3.57. The van der Waals surface area contributed by atoms with Gasteiger partial charge in [0.05, 0.1) is 21.8 Å². The van der Waals surface area contributed by atoms with E-state index in [1.54, 1.807) is 6.92 Å². The van der Waals surface area contributed by atoms with Gasteiger partial charge in [0.1, 0.15) is 5.25 Å². The first-order valence-corrected chi connectivity index (χ1v) is 8.11. The summed E-state index contributed by atoms with van der Waals surface area (Å²) in [6, 6.07) is 7.78. The summed E-state index contributed by atoms with van der Waals surface area (Å²) in [5, 5.41) is 8.25. The van der Waals surface area contributed by atoms with Gasteiger partial charge in [-0.3, -0.25) is 4.21 Å². The van der Waals surface area contributed by atoms with Crippen LogP contribution in [0.25, 0.3) is 0 Å². The van der Waals surface area contributed by atoms with Crippen molar-refractivity contribution in [3.8, 4) is 6.07 Å². The molecule has 1 aromatic rings. The number of nitriles is 1. The smallest absolute Gasteiger partial charge is 0.175 e. The summed E-state index contributed by atoms with van der Waals surface area (Å²) in [6.07, 6.45) is 1.61. The molecule has 0 saturated heterocycles. The average Bonchev–Trinajstić information content (AvgIpc) is 2.29. The number of nitrogens with zero attached hydrogens (tertiary/aromatic N) is 1. The van der Waals surface area contributed by atoms with E-state index in [1.807, 2.05) is 6.07 Å². The predicted octanol–water partition coefficient (Wildman–Crippen LogP) is 1.50. The van der Waals surface area contributed by atoms with Crippen molar-refractivity contribution in [3.05, 3.63) is 24.3 Å². The number of hydrogen-bond donors (Lipinski definition) is 0. The molecule has 0 aliphatic heterocycles. The maximum Gasteiger partial charge on any atom is 0.175 e. The topological polar surface area (TPSA) is 75.0 Å². The van der Waals surface area contributed by atoms with E-state index in [0.29, 0.717) is 11.3 Å². The SMILES string of the molecule is CCC(C#N)S(=O)c1ccc(S(C)(=O)=O)cc1. The van der Waals surface area contributed by atoms with E-state index in [1.165, 1.54) is 24.3 Å². The summed E-state index contributed by atoms with van der Waals surface area (Å²) in [5.41, 5.74) is 0. The molecule has 17 heavy (non-hydrogen) atoms. The lowest BCUT2D eigenvalue weighted by Crippen LogP contribution is -2.11. The summed E-state index contributed by atoms with van der Waals surface area (Å²) in [5.74, 6) is 0. The Morgan fingerprint density at radius 1 is 1.35 bits per heavy atom. The highest BCUT2D eigenvalue weighted by Crippen LogP contribution is 2.16. The van der Waals surface area contributed by atoms with Gasteiger partial charge in [-0.05, 0) is 30.7 Å². The molecule has 0 aliphatic carbocycles. The summed E-state index contributed by atoms with van der Waals surface area (Å²) in [4.78, 5) is 0.661. The minimum absolute atomic E-state index is 0.184. The zero-order valence-electron chi connectivity index (χ0n) is 9.58. The molecule has 0 bridgehead atoms. The van der Waals surface area contributed by atoms with Gasteiger partial charge in [0.2, 0.25) is 0 Å². The molecule has 2 unspecified atom stereocenters. The van der Waals surface area contributed by atoms with Crippen LogP contribution in [0.4, 0.5) is 0 Å². The largest absolute Gasteiger partial charge is 0.253 e. The fraction of sp³-hybridized carbons (Fsp3) is 0.364. The van der Waals surface area contributed by atoms with Crippen molar-refractivity contribution >= 4 is 20.6 Å². The maximum atomic E-state index is 11.9. The monoisotopic (exact) mass is 271 g/mol. The minimum atomic E-state index is -3.24. The Morgan fingerprint density at radius 2 is 1.88 bits per heavy atom. The average molecular weight is 271 g/mol. The van der Waals surface area contributed by atoms with Crippen molar-refractivity contribution in [2.75, 3.05) is 6.26 Å². The normalized spacial score (nSPS) is 14.9. The van der Waals surface area contributed by atoms with E-state index in [0.717, 1.165) is 6.26 Å². The molecule has 1 aromatic carbocycles. The Labute approximate surface area is 104 Å². The highest BCUT2D eigenvalue weighted by Gasteiger charge is 2.16. The van der Waals surface area contributed by atoms with E-state index in [2.05, 4.69) is 0 Å². The van der Waals surface area contributed by atoms with Crippen LogP contribution in [0.1, 0.15) is 13.3 Å². The molecule has 2 atom stereocenters. The highest BCUT2D eigenvalue weighted by atomic mass is 32.2. The highest BCUT2D eigenvalue weighted by molar-refractivity contribution is 7.90. The lowest BCUT2D eigenvalue weighted by atomic mass is 10.4. The zero-order valence-corrected chi connectivity index (χ0v) is 11.2. The van der Waals surface area contributed by atoms with Crippen molar-refractivity contribution < 1.29 is 12.6 Å². The third kappa shape index (κ3) is 3.38. The van der Waals surface area contributed by atoms with E-state index in [9.17, 15) is 12.6 Å². The van der Waals surface area contributed by atoms with Crippen molar-refractivity contribution in [2.45, 2.75) is 28.4 Å². The Morgan fingerprint density at radius 3 is 2.24 bits per heavy atom. The first kappa shape index (κ1) is 13.9. The van der Waals surface area contributed by atoms with Gasteiger partial charge < -0.3 is 0 Å². The Bertz CT molecular complexity index is 555. The molecule has 92 valence electrons. The van der Waals surface area contributed by atoms with Crippen LogP contribution in [-0.4, -0.2) is 24.1 Å². The van der Waals surface area contributed by atoms with Gasteiger partial charge >= 0.3 is 0 Å². The Kier molecular flexibility index (Phi) is 4.43. The molecule has 0 spiro atoms. The molecule has 0 saturated carbocycles. The molecule has 0 N–H and O–H groups in total. The minimum Gasteiger partial charge on any atom is -0.253 e. The number of hydrogen-bond acceptors (Lipinski definition) is 4. The zero-order chi connectivity index (χ0) is 13.1. The lowest BCUT2D eigenvalue weighted by molar-refractivity contribution is 0.601. The van der Waals surface area contributed by atoms with Crippen molar-refractivity contribution in [3.63, 3.8) is 0 Å². The standard InChI is InChI=1S/C11H13NO3S2/c1-3-9(8-12)16(13)10-4-6-11(7-5-10)17(2,14)15/h4-7,9H,3H2,1-2H3. The summed E-state index contributed by atoms with van der Waals surface area (Å²) >= 11 is 0. The molecule has 0 aromatic heterocycles. The van der Waals surface area contributed by atoms with Crippen molar-refractivity contribution in [1.82, 2.24) is 0 Å². The number of benzene rings is 1. The Balaban J connectivity index is 3.05. The number of sulfone groups is 1. The maximum absolute atomic E-state index is 11.9. The van der Waals surface area contributed by atoms with E-state index in [-0.39, 0.29) is 4.90 Å². The third-order valence-corrected chi connectivity index (χ3v) is 5.08. The molecular formula is C11H13NO3S2. The van der Waals surface area contributed by atoms with Crippen LogP contribution in [0.5, 0.6) is 0 Å². The van der Waals surface area contributed by atoms with Crippen LogP contribution in [0.2, 0.25) is 0 Å². The van der Waals surface area contributed by atoms with Crippen molar-refractivity contribution in [1.29, 1.82) is 5.26 Å². The molecule has 0 fully saturated rings. The summed E-state index contributed by atoms with van der Waals surface area (Å²) in [7, 11) is -4.65. The third-order valence-electron chi connectivity index (χ3n) is 2.26. The molecule has 0 aliphatic rings. The van der Waals surface area contributed by atoms with Gasteiger partial charge in [-0.15, -0.1) is 0 Å². The van der Waals surface area contributed by atoms with Gasteiger partial charge in [0, 0.05) is 11.2 Å². The van der Waals surface area contributed by atoms with Crippen LogP contribution >= 0.6 is 0 Å².